The van der Waals surface area contributed by atoms with Crippen LogP contribution in [0.5, 0.6) is 11.5 Å². The molecular weight excluding hydrogens is 482 g/mol. The van der Waals surface area contributed by atoms with Crippen LogP contribution in [-0.4, -0.2) is 48.4 Å². The molecule has 1 amide bonds. The highest BCUT2D eigenvalue weighted by molar-refractivity contribution is 7.98. The third kappa shape index (κ3) is 4.22. The van der Waals surface area contributed by atoms with E-state index in [1.54, 1.807) is 18.2 Å². The van der Waals surface area contributed by atoms with Gasteiger partial charge in [0.1, 0.15) is 0 Å². The van der Waals surface area contributed by atoms with Crippen molar-refractivity contribution in [1.82, 2.24) is 29.2 Å². The third-order valence-corrected chi connectivity index (χ3v) is 6.47. The number of hydrogen-bond acceptors (Lipinski definition) is 9. The predicted molar refractivity (Wildman–Crippen MR) is 132 cm³/mol. The van der Waals surface area contributed by atoms with Crippen molar-refractivity contribution in [2.45, 2.75) is 17.3 Å². The highest BCUT2D eigenvalue weighted by Gasteiger charge is 2.15. The van der Waals surface area contributed by atoms with Crippen LogP contribution in [0.3, 0.4) is 0 Å². The van der Waals surface area contributed by atoms with E-state index < -0.39 is 11.5 Å². The summed E-state index contributed by atoms with van der Waals surface area (Å²) in [6.45, 7) is 1.28. The lowest BCUT2D eigenvalue weighted by Gasteiger charge is -2.09. The molecule has 0 saturated carbocycles. The van der Waals surface area contributed by atoms with Crippen LogP contribution in [0.2, 0.25) is 0 Å². The summed E-state index contributed by atoms with van der Waals surface area (Å²) in [4.78, 5) is 38.1. The molecule has 1 aliphatic rings. The molecule has 0 aliphatic carbocycles. The van der Waals surface area contributed by atoms with Crippen LogP contribution in [0.1, 0.15) is 22.3 Å². The Balaban J connectivity index is 1.24. The number of carbonyl (C=O) groups excluding carboxylic acids is 1. The van der Waals surface area contributed by atoms with Crippen molar-refractivity contribution in [1.29, 1.82) is 0 Å². The number of nitrogens with one attached hydrogen (secondary N) is 1. The molecule has 36 heavy (non-hydrogen) atoms. The van der Waals surface area contributed by atoms with Crippen molar-refractivity contribution < 1.29 is 14.3 Å². The van der Waals surface area contributed by atoms with Crippen molar-refractivity contribution in [2.75, 3.05) is 18.6 Å². The number of thioether (sulfide) groups is 1. The van der Waals surface area contributed by atoms with Crippen molar-refractivity contribution in [3.8, 4) is 11.5 Å². The van der Waals surface area contributed by atoms with Gasteiger partial charge in [-0.3, -0.25) is 20.0 Å². The van der Waals surface area contributed by atoms with E-state index in [9.17, 15) is 9.59 Å². The second-order valence-corrected chi connectivity index (χ2v) is 8.89. The quantitative estimate of drug-likeness (QED) is 0.362. The molecule has 0 bridgehead atoms. The van der Waals surface area contributed by atoms with Gasteiger partial charge in [0.15, 0.2) is 11.5 Å². The summed E-state index contributed by atoms with van der Waals surface area (Å²) >= 11 is 1.45. The van der Waals surface area contributed by atoms with Gasteiger partial charge < -0.3 is 9.47 Å². The van der Waals surface area contributed by atoms with E-state index in [1.807, 2.05) is 18.2 Å². The Bertz CT molecular complexity index is 1650. The molecule has 180 valence electrons. The summed E-state index contributed by atoms with van der Waals surface area (Å²) in [7, 11) is 0. The first-order chi connectivity index (χ1) is 17.7. The Labute approximate surface area is 208 Å². The molecule has 0 spiro atoms. The van der Waals surface area contributed by atoms with Crippen molar-refractivity contribution in [2.24, 2.45) is 0 Å². The zero-order valence-electron chi connectivity index (χ0n) is 18.8. The molecule has 0 fully saturated rings. The molecule has 1 N–H and O–H groups in total. The van der Waals surface area contributed by atoms with Gasteiger partial charge >= 0.3 is 0 Å². The van der Waals surface area contributed by atoms with E-state index in [0.29, 0.717) is 46.4 Å². The fourth-order valence-electron chi connectivity index (χ4n) is 3.77. The lowest BCUT2D eigenvalue weighted by Crippen LogP contribution is -2.33. The Kier molecular flexibility index (Phi) is 5.70. The van der Waals surface area contributed by atoms with Crippen molar-refractivity contribution >= 4 is 34.3 Å². The number of rotatable bonds is 5. The fourth-order valence-corrected chi connectivity index (χ4v) is 4.53. The predicted octanol–water partition coefficient (Wildman–Crippen LogP) is 2.67. The van der Waals surface area contributed by atoms with Crippen LogP contribution >= 0.6 is 11.8 Å². The number of fused-ring (bicyclic) bond motifs is 4. The zero-order chi connectivity index (χ0) is 24.5. The average molecular weight is 502 g/mol. The maximum absolute atomic E-state index is 13.0. The largest absolute Gasteiger partial charge is 0.490 e. The minimum absolute atomic E-state index is 0.296. The molecule has 6 rings (SSSR count). The van der Waals surface area contributed by atoms with Crippen LogP contribution in [0.15, 0.2) is 71.1 Å². The maximum Gasteiger partial charge on any atom is 0.280 e. The van der Waals surface area contributed by atoms with E-state index in [4.69, 9.17) is 9.47 Å². The highest BCUT2D eigenvalue weighted by Crippen LogP contribution is 2.32. The molecule has 4 aromatic heterocycles. The van der Waals surface area contributed by atoms with Gasteiger partial charge in [-0.1, -0.05) is 17.8 Å². The molecular formula is C24H19N7O4S. The molecule has 5 aromatic rings. The van der Waals surface area contributed by atoms with E-state index >= 15 is 0 Å². The number of aromatic nitrogens is 6. The van der Waals surface area contributed by atoms with E-state index in [-0.39, 0.29) is 0 Å². The number of carbonyl (C=O) groups is 1. The number of ether oxygens (including phenoxy) is 2. The normalized spacial score (nSPS) is 13.0. The number of pyridine rings is 2. The number of amides is 1. The summed E-state index contributed by atoms with van der Waals surface area (Å²) in [6, 6.07) is 10.7. The Morgan fingerprint density at radius 3 is 2.78 bits per heavy atom. The third-order valence-electron chi connectivity index (χ3n) is 5.56. The van der Waals surface area contributed by atoms with Gasteiger partial charge in [-0.15, -0.1) is 5.10 Å². The average Bonchev–Trinajstić information content (AvgIpc) is 3.19. The number of nitrogens with zero attached hydrogens (tertiary/aromatic N) is 6. The van der Waals surface area contributed by atoms with Crippen molar-refractivity contribution in [3.05, 3.63) is 82.7 Å². The molecule has 0 radical (unpaired) electrons. The van der Waals surface area contributed by atoms with E-state index in [2.05, 4.69) is 25.5 Å². The summed E-state index contributed by atoms with van der Waals surface area (Å²) < 4.78 is 14.1. The Hall–Kier alpha value is -4.45. The second kappa shape index (κ2) is 9.30. The highest BCUT2D eigenvalue weighted by atomic mass is 32.2. The van der Waals surface area contributed by atoms with Crippen LogP contribution in [-0.2, 0) is 5.75 Å². The van der Waals surface area contributed by atoms with Gasteiger partial charge in [-0.25, -0.2) is 9.66 Å². The maximum atomic E-state index is 13.0. The van der Waals surface area contributed by atoms with Gasteiger partial charge in [0, 0.05) is 42.5 Å². The van der Waals surface area contributed by atoms with Gasteiger partial charge in [0.25, 0.3) is 17.2 Å². The Morgan fingerprint density at radius 2 is 1.92 bits per heavy atom. The first-order valence-corrected chi connectivity index (χ1v) is 12.1. The molecule has 0 unspecified atom stereocenters. The molecule has 0 saturated heterocycles. The molecule has 5 heterocycles. The zero-order valence-corrected chi connectivity index (χ0v) is 19.6. The summed E-state index contributed by atoms with van der Waals surface area (Å²) in [5.74, 6) is 2.07. The molecule has 12 heteroatoms. The second-order valence-electron chi connectivity index (χ2n) is 7.95. The fraction of sp³-hybridized carbons (Fsp3) is 0.167. The number of benzene rings is 1. The summed E-state index contributed by atoms with van der Waals surface area (Å²) in [5, 5.41) is 5.37. The first-order valence-electron chi connectivity index (χ1n) is 11.2. The molecule has 11 nitrogen and oxygen atoms in total. The SMILES string of the molecule is O=C(Nn1ccc2c(cnc3nc(SCc4ccc5c(c4)OCCCO5)nn32)c1=O)c1ccncc1. The first kappa shape index (κ1) is 22.0. The van der Waals surface area contributed by atoms with E-state index in [0.717, 1.165) is 28.2 Å². The lowest BCUT2D eigenvalue weighted by molar-refractivity contribution is 0.101. The van der Waals surface area contributed by atoms with E-state index in [1.165, 1.54) is 41.1 Å². The summed E-state index contributed by atoms with van der Waals surface area (Å²) in [5.41, 5.74) is 4.12. The Morgan fingerprint density at radius 1 is 1.08 bits per heavy atom. The van der Waals surface area contributed by atoms with Crippen LogP contribution < -0.4 is 20.5 Å². The van der Waals surface area contributed by atoms with Crippen molar-refractivity contribution in [3.63, 3.8) is 0 Å². The molecule has 0 atom stereocenters. The topological polar surface area (TPSA) is 126 Å². The minimum Gasteiger partial charge on any atom is -0.490 e. The van der Waals surface area contributed by atoms with Gasteiger partial charge in [-0.05, 0) is 35.9 Å². The number of hydrogen-bond donors (Lipinski definition) is 1. The molecule has 1 aromatic carbocycles. The standard InChI is InChI=1S/C24H19N7O4S/c32-21(16-4-7-25-8-5-16)28-30-9-6-18-17(22(30)33)13-26-23-27-24(29-31(18)23)36-14-15-2-3-19-20(12-15)35-11-1-10-34-19/h2-9,12-13H,1,10-11,14H2,(H,28,32). The van der Waals surface area contributed by atoms with Crippen LogP contribution in [0, 0.1) is 0 Å². The minimum atomic E-state index is -0.429. The van der Waals surface area contributed by atoms with Crippen LogP contribution in [0.4, 0.5) is 0 Å². The lowest BCUT2D eigenvalue weighted by atomic mass is 10.2. The van der Waals surface area contributed by atoms with Gasteiger partial charge in [0.2, 0.25) is 5.16 Å². The van der Waals surface area contributed by atoms with Crippen LogP contribution in [0.25, 0.3) is 16.7 Å². The molecule has 1 aliphatic heterocycles. The summed E-state index contributed by atoms with van der Waals surface area (Å²) in [6.07, 6.45) is 6.79. The van der Waals surface area contributed by atoms with Gasteiger partial charge in [-0.2, -0.15) is 9.50 Å². The van der Waals surface area contributed by atoms with Gasteiger partial charge in [0.05, 0.1) is 24.1 Å². The monoisotopic (exact) mass is 501 g/mol. The smallest absolute Gasteiger partial charge is 0.280 e.